The molecule has 0 bridgehead atoms. The third-order valence-corrected chi connectivity index (χ3v) is 8.91. The van der Waals surface area contributed by atoms with Crippen LogP contribution in [0.15, 0.2) is 59.5 Å². The molecule has 1 unspecified atom stereocenters. The van der Waals surface area contributed by atoms with Crippen molar-refractivity contribution in [1.29, 1.82) is 0 Å². The largest absolute Gasteiger partial charge is 0.244 e. The van der Waals surface area contributed by atoms with Gasteiger partial charge in [-0.05, 0) is 59.4 Å². The maximum atomic E-state index is 13.3. The number of hydrogen-bond acceptors (Lipinski definition) is 3. The molecule has 2 aliphatic rings. The predicted molar refractivity (Wildman–Crippen MR) is 112 cm³/mol. The fraction of sp³-hybridized carbons (Fsp3) is 0.273. The average Bonchev–Trinajstić information content (AvgIpc) is 3.32. The fourth-order valence-corrected chi connectivity index (χ4v) is 7.54. The van der Waals surface area contributed by atoms with Crippen LogP contribution >= 0.6 is 11.8 Å². The summed E-state index contributed by atoms with van der Waals surface area (Å²) in [5.41, 5.74) is 4.96. The molecule has 138 valence electrons. The van der Waals surface area contributed by atoms with Crippen LogP contribution in [0.5, 0.6) is 0 Å². The molecule has 0 aromatic heterocycles. The molecule has 1 heterocycles. The smallest absolute Gasteiger partial charge is 0.207 e. The van der Waals surface area contributed by atoms with E-state index in [2.05, 4.69) is 30.3 Å². The molecule has 3 aromatic carbocycles. The van der Waals surface area contributed by atoms with E-state index in [1.807, 2.05) is 19.1 Å². The zero-order valence-corrected chi connectivity index (χ0v) is 16.8. The van der Waals surface area contributed by atoms with E-state index in [0.29, 0.717) is 11.4 Å². The monoisotopic (exact) mass is 395 g/mol. The Morgan fingerprint density at radius 1 is 0.963 bits per heavy atom. The van der Waals surface area contributed by atoms with Gasteiger partial charge in [-0.1, -0.05) is 48.0 Å². The Labute approximate surface area is 164 Å². The predicted octanol–water partition coefficient (Wildman–Crippen LogP) is 4.68. The second-order valence-corrected chi connectivity index (χ2v) is 10.4. The van der Waals surface area contributed by atoms with Crippen LogP contribution in [0.3, 0.4) is 0 Å². The summed E-state index contributed by atoms with van der Waals surface area (Å²) in [6.45, 7) is 2.52. The molecule has 0 saturated carbocycles. The molecule has 3 nitrogen and oxygen atoms in total. The number of nitrogens with zero attached hydrogens (tertiary/aromatic N) is 1. The van der Waals surface area contributed by atoms with E-state index in [1.165, 1.54) is 21.9 Å². The number of benzene rings is 3. The van der Waals surface area contributed by atoms with Crippen molar-refractivity contribution in [2.24, 2.45) is 0 Å². The first kappa shape index (κ1) is 17.3. The highest BCUT2D eigenvalue weighted by Gasteiger charge is 2.37. The first-order valence-electron chi connectivity index (χ1n) is 9.29. The molecule has 1 atom stereocenters. The summed E-state index contributed by atoms with van der Waals surface area (Å²) in [5.74, 6) is 0.818. The number of rotatable bonds is 3. The summed E-state index contributed by atoms with van der Waals surface area (Å²) in [7, 11) is -3.51. The van der Waals surface area contributed by atoms with Crippen molar-refractivity contribution in [3.63, 3.8) is 0 Å². The normalized spacial score (nSPS) is 19.8. The Hall–Kier alpha value is -1.82. The molecule has 1 fully saturated rings. The van der Waals surface area contributed by atoms with Crippen molar-refractivity contribution >= 4 is 32.6 Å². The van der Waals surface area contributed by atoms with Crippen molar-refractivity contribution in [3.05, 3.63) is 76.9 Å². The van der Waals surface area contributed by atoms with Crippen molar-refractivity contribution < 1.29 is 8.42 Å². The van der Waals surface area contributed by atoms with Crippen LogP contribution in [-0.4, -0.2) is 25.0 Å². The van der Waals surface area contributed by atoms with Crippen LogP contribution in [0.4, 0.5) is 0 Å². The lowest BCUT2D eigenvalue weighted by atomic mass is 10.00. The van der Waals surface area contributed by atoms with Crippen molar-refractivity contribution in [3.8, 4) is 0 Å². The van der Waals surface area contributed by atoms with Crippen LogP contribution in [-0.2, 0) is 22.9 Å². The first-order valence-corrected chi connectivity index (χ1v) is 11.8. The zero-order chi connectivity index (χ0) is 18.6. The molecule has 3 aromatic rings. The Kier molecular flexibility index (Phi) is 4.08. The number of aryl methyl sites for hydroxylation is 3. The minimum atomic E-state index is -3.51. The molecule has 0 amide bonds. The molecule has 5 rings (SSSR count). The van der Waals surface area contributed by atoms with Gasteiger partial charge in [0.1, 0.15) is 0 Å². The highest BCUT2D eigenvalue weighted by atomic mass is 32.2. The Balaban J connectivity index is 1.62. The van der Waals surface area contributed by atoms with Gasteiger partial charge in [0.15, 0.2) is 0 Å². The van der Waals surface area contributed by atoms with Crippen molar-refractivity contribution in [2.75, 3.05) is 12.3 Å². The molecule has 5 heteroatoms. The molecule has 0 spiro atoms. The van der Waals surface area contributed by atoms with E-state index < -0.39 is 10.0 Å². The molecule has 1 aliphatic carbocycles. The van der Waals surface area contributed by atoms with E-state index in [4.69, 9.17) is 0 Å². The third-order valence-electron chi connectivity index (χ3n) is 5.65. The van der Waals surface area contributed by atoms with Crippen LogP contribution in [0, 0.1) is 6.92 Å². The van der Waals surface area contributed by atoms with E-state index in [-0.39, 0.29) is 5.37 Å². The van der Waals surface area contributed by atoms with Crippen LogP contribution < -0.4 is 0 Å². The quantitative estimate of drug-likeness (QED) is 0.646. The minimum Gasteiger partial charge on any atom is -0.207 e. The number of hydrogen-bond donors (Lipinski definition) is 0. The van der Waals surface area contributed by atoms with Gasteiger partial charge in [-0.2, -0.15) is 4.31 Å². The van der Waals surface area contributed by atoms with Crippen molar-refractivity contribution in [2.45, 2.75) is 30.0 Å². The summed E-state index contributed by atoms with van der Waals surface area (Å²) in [5, 5.41) is 2.39. The zero-order valence-electron chi connectivity index (χ0n) is 15.2. The molecule has 27 heavy (non-hydrogen) atoms. The summed E-state index contributed by atoms with van der Waals surface area (Å²) in [4.78, 5) is 0.381. The molecule has 1 aliphatic heterocycles. The molecular weight excluding hydrogens is 374 g/mol. The average molecular weight is 396 g/mol. The minimum absolute atomic E-state index is 0.166. The second-order valence-electron chi connectivity index (χ2n) is 7.31. The van der Waals surface area contributed by atoms with Gasteiger partial charge in [-0.3, -0.25) is 0 Å². The lowest BCUT2D eigenvalue weighted by Gasteiger charge is -2.25. The first-order chi connectivity index (χ1) is 13.1. The molecule has 1 saturated heterocycles. The fourth-order valence-electron chi connectivity index (χ4n) is 4.28. The Morgan fingerprint density at radius 2 is 1.70 bits per heavy atom. The lowest BCUT2D eigenvalue weighted by molar-refractivity contribution is 0.435. The van der Waals surface area contributed by atoms with Gasteiger partial charge in [-0.25, -0.2) is 8.42 Å². The molecular formula is C22H21NO2S2. The van der Waals surface area contributed by atoms with Gasteiger partial charge in [0.2, 0.25) is 10.0 Å². The van der Waals surface area contributed by atoms with Gasteiger partial charge >= 0.3 is 0 Å². The van der Waals surface area contributed by atoms with Crippen LogP contribution in [0.2, 0.25) is 0 Å². The maximum absolute atomic E-state index is 13.3. The standard InChI is InChI=1S/C22H21NO2S2/c1-15-5-10-18(11-6-15)27(24,25)23-13-14-26-22(23)20-12-9-17-8-7-16-3-2-4-19(20)21(16)17/h2-6,9-12,22H,7-8,13-14H2,1H3. The molecule has 0 radical (unpaired) electrons. The Bertz CT molecular complexity index is 1130. The number of sulfonamides is 1. The van der Waals surface area contributed by atoms with Crippen LogP contribution in [0.25, 0.3) is 10.8 Å². The highest BCUT2D eigenvalue weighted by molar-refractivity contribution is 8.01. The maximum Gasteiger partial charge on any atom is 0.244 e. The lowest BCUT2D eigenvalue weighted by Crippen LogP contribution is -2.30. The van der Waals surface area contributed by atoms with Gasteiger partial charge < -0.3 is 0 Å². The number of thioether (sulfide) groups is 1. The van der Waals surface area contributed by atoms with E-state index in [9.17, 15) is 8.42 Å². The van der Waals surface area contributed by atoms with Crippen molar-refractivity contribution in [1.82, 2.24) is 4.31 Å². The van der Waals surface area contributed by atoms with E-state index in [0.717, 1.165) is 29.7 Å². The Morgan fingerprint density at radius 3 is 2.48 bits per heavy atom. The van der Waals surface area contributed by atoms with E-state index in [1.54, 1.807) is 28.2 Å². The van der Waals surface area contributed by atoms with E-state index >= 15 is 0 Å². The third kappa shape index (κ3) is 2.72. The van der Waals surface area contributed by atoms with Gasteiger partial charge in [-0.15, -0.1) is 11.8 Å². The SMILES string of the molecule is Cc1ccc(S(=O)(=O)N2CCSC2c2ccc3c4c(cccc24)CC3)cc1. The van der Waals surface area contributed by atoms with Gasteiger partial charge in [0, 0.05) is 12.3 Å². The molecule has 0 N–H and O–H groups in total. The highest BCUT2D eigenvalue weighted by Crippen LogP contribution is 2.45. The summed E-state index contributed by atoms with van der Waals surface area (Å²) >= 11 is 1.72. The van der Waals surface area contributed by atoms with Crippen LogP contribution in [0.1, 0.15) is 27.6 Å². The second kappa shape index (κ2) is 6.36. The summed E-state index contributed by atoms with van der Waals surface area (Å²) < 4.78 is 28.3. The summed E-state index contributed by atoms with van der Waals surface area (Å²) in [6, 6.07) is 18.0. The topological polar surface area (TPSA) is 37.4 Å². The van der Waals surface area contributed by atoms with Gasteiger partial charge in [0.05, 0.1) is 10.3 Å². The van der Waals surface area contributed by atoms with Gasteiger partial charge in [0.25, 0.3) is 0 Å². The summed E-state index contributed by atoms with van der Waals surface area (Å²) in [6.07, 6.45) is 2.17.